The molecular formula is C10H20N2O3. The number of carbonyl (C=O) groups excluding carboxylic acids is 1. The van der Waals surface area contributed by atoms with E-state index in [0.717, 1.165) is 0 Å². The first-order valence-corrected chi connectivity index (χ1v) is 4.99. The van der Waals surface area contributed by atoms with Crippen LogP contribution in [0.5, 0.6) is 0 Å². The van der Waals surface area contributed by atoms with Gasteiger partial charge in [-0.2, -0.15) is 0 Å². The maximum Gasteiger partial charge on any atom is 0.320 e. The third kappa shape index (κ3) is 5.37. The van der Waals surface area contributed by atoms with E-state index in [0.29, 0.717) is 19.4 Å². The number of nitrogens with zero attached hydrogens (tertiary/aromatic N) is 2. The Morgan fingerprint density at radius 1 is 1.27 bits per heavy atom. The molecule has 1 N–H and O–H groups in total. The molecule has 0 aliphatic rings. The zero-order valence-corrected chi connectivity index (χ0v) is 9.86. The molecule has 0 aliphatic carbocycles. The molecule has 0 rings (SSSR count). The Labute approximate surface area is 90.7 Å². The van der Waals surface area contributed by atoms with E-state index >= 15 is 0 Å². The molecule has 5 nitrogen and oxygen atoms in total. The Morgan fingerprint density at radius 3 is 2.20 bits per heavy atom. The molecule has 88 valence electrons. The molecule has 0 saturated carbocycles. The molecule has 0 saturated heterocycles. The lowest BCUT2D eigenvalue weighted by Gasteiger charge is -2.21. The van der Waals surface area contributed by atoms with Gasteiger partial charge >= 0.3 is 5.97 Å². The summed E-state index contributed by atoms with van der Waals surface area (Å²) in [4.78, 5) is 25.1. The Morgan fingerprint density at radius 2 is 1.80 bits per heavy atom. The predicted octanol–water partition coefficient (Wildman–Crippen LogP) is 0.260. The van der Waals surface area contributed by atoms with Crippen molar-refractivity contribution in [1.29, 1.82) is 0 Å². The summed E-state index contributed by atoms with van der Waals surface area (Å²) < 4.78 is 0. The molecule has 0 aromatic rings. The van der Waals surface area contributed by atoms with E-state index in [1.807, 2.05) is 0 Å². The van der Waals surface area contributed by atoms with Crippen LogP contribution in [-0.2, 0) is 9.59 Å². The van der Waals surface area contributed by atoms with Crippen molar-refractivity contribution in [1.82, 2.24) is 9.80 Å². The monoisotopic (exact) mass is 216 g/mol. The van der Waals surface area contributed by atoms with E-state index in [-0.39, 0.29) is 5.91 Å². The minimum Gasteiger partial charge on any atom is -0.480 e. The fourth-order valence-corrected chi connectivity index (χ4v) is 1.09. The Hall–Kier alpha value is -1.10. The number of likely N-dealkylation sites (N-methyl/N-ethyl adjacent to an activating group) is 1. The van der Waals surface area contributed by atoms with E-state index in [4.69, 9.17) is 5.11 Å². The summed E-state index contributed by atoms with van der Waals surface area (Å²) in [6, 6.07) is -0.501. The molecule has 5 heteroatoms. The second kappa shape index (κ2) is 6.40. The highest BCUT2D eigenvalue weighted by Crippen LogP contribution is 2.00. The van der Waals surface area contributed by atoms with Crippen molar-refractivity contribution in [3.05, 3.63) is 0 Å². The van der Waals surface area contributed by atoms with Crippen LogP contribution < -0.4 is 0 Å². The molecule has 0 aromatic heterocycles. The van der Waals surface area contributed by atoms with Gasteiger partial charge in [0.25, 0.3) is 0 Å². The number of aliphatic carboxylic acids is 1. The van der Waals surface area contributed by atoms with E-state index in [9.17, 15) is 9.59 Å². The number of rotatable bonds is 6. The second-order valence-corrected chi connectivity index (χ2v) is 3.89. The third-order valence-corrected chi connectivity index (χ3v) is 2.42. The maximum atomic E-state index is 11.2. The van der Waals surface area contributed by atoms with Crippen LogP contribution >= 0.6 is 0 Å². The topological polar surface area (TPSA) is 60.9 Å². The van der Waals surface area contributed by atoms with Crippen LogP contribution in [0.1, 0.15) is 19.8 Å². The van der Waals surface area contributed by atoms with Crippen molar-refractivity contribution in [2.45, 2.75) is 25.8 Å². The lowest BCUT2D eigenvalue weighted by Crippen LogP contribution is -2.36. The van der Waals surface area contributed by atoms with E-state index in [1.165, 1.54) is 0 Å². The lowest BCUT2D eigenvalue weighted by molar-refractivity contribution is -0.142. The van der Waals surface area contributed by atoms with Gasteiger partial charge in [-0.25, -0.2) is 0 Å². The number of carbonyl (C=O) groups is 2. The van der Waals surface area contributed by atoms with Crippen LogP contribution in [0.15, 0.2) is 0 Å². The Bertz CT molecular complexity index is 229. The SMILES string of the molecule is CC(C(=O)O)N(C)CCCC(=O)N(C)C. The number of amides is 1. The van der Waals surface area contributed by atoms with Gasteiger partial charge in [-0.3, -0.25) is 14.5 Å². The summed E-state index contributed by atoms with van der Waals surface area (Å²) in [6.07, 6.45) is 1.15. The standard InChI is InChI=1S/C10H20N2O3/c1-8(10(14)15)12(4)7-5-6-9(13)11(2)3/h8H,5-7H2,1-4H3,(H,14,15). The number of carboxylic acid groups (broad SMARTS) is 1. The van der Waals surface area contributed by atoms with Gasteiger partial charge in [0.05, 0.1) is 0 Å². The fourth-order valence-electron chi connectivity index (χ4n) is 1.09. The van der Waals surface area contributed by atoms with Crippen LogP contribution in [-0.4, -0.2) is 60.5 Å². The highest BCUT2D eigenvalue weighted by molar-refractivity contribution is 5.75. The van der Waals surface area contributed by atoms with Crippen molar-refractivity contribution < 1.29 is 14.7 Å². The molecule has 0 radical (unpaired) electrons. The lowest BCUT2D eigenvalue weighted by atomic mass is 10.2. The zero-order valence-electron chi connectivity index (χ0n) is 9.86. The van der Waals surface area contributed by atoms with Gasteiger partial charge in [0.2, 0.25) is 5.91 Å². The first-order chi connectivity index (χ1) is 6.86. The number of carboxylic acids is 1. The van der Waals surface area contributed by atoms with Gasteiger partial charge in [0, 0.05) is 20.5 Å². The molecule has 0 heterocycles. The molecular weight excluding hydrogens is 196 g/mol. The summed E-state index contributed by atoms with van der Waals surface area (Å²) in [5.41, 5.74) is 0. The fraction of sp³-hybridized carbons (Fsp3) is 0.800. The van der Waals surface area contributed by atoms with Crippen molar-refractivity contribution in [2.24, 2.45) is 0 Å². The van der Waals surface area contributed by atoms with Gasteiger partial charge in [0.15, 0.2) is 0 Å². The molecule has 1 atom stereocenters. The number of hydrogen-bond donors (Lipinski definition) is 1. The minimum atomic E-state index is -0.837. The first-order valence-electron chi connectivity index (χ1n) is 4.99. The summed E-state index contributed by atoms with van der Waals surface area (Å²) >= 11 is 0. The highest BCUT2D eigenvalue weighted by Gasteiger charge is 2.16. The predicted molar refractivity (Wildman–Crippen MR) is 57.7 cm³/mol. The maximum absolute atomic E-state index is 11.2. The van der Waals surface area contributed by atoms with E-state index in [1.54, 1.807) is 37.9 Å². The largest absolute Gasteiger partial charge is 0.480 e. The molecule has 1 amide bonds. The van der Waals surface area contributed by atoms with Gasteiger partial charge in [-0.05, 0) is 26.9 Å². The van der Waals surface area contributed by atoms with Gasteiger partial charge in [0.1, 0.15) is 6.04 Å². The molecule has 1 unspecified atom stereocenters. The average Bonchev–Trinajstić information content (AvgIpc) is 2.15. The quantitative estimate of drug-likeness (QED) is 0.692. The van der Waals surface area contributed by atoms with Crippen molar-refractivity contribution in [3.63, 3.8) is 0 Å². The summed E-state index contributed by atoms with van der Waals surface area (Å²) in [7, 11) is 5.18. The normalized spacial score (nSPS) is 12.6. The Kier molecular flexibility index (Phi) is 5.93. The summed E-state index contributed by atoms with van der Waals surface area (Å²) in [5.74, 6) is -0.761. The van der Waals surface area contributed by atoms with Crippen LogP contribution in [0.25, 0.3) is 0 Å². The summed E-state index contributed by atoms with van der Waals surface area (Å²) in [6.45, 7) is 2.25. The van der Waals surface area contributed by atoms with Gasteiger partial charge in [-0.15, -0.1) is 0 Å². The third-order valence-electron chi connectivity index (χ3n) is 2.42. The van der Waals surface area contributed by atoms with Crippen LogP contribution in [0.2, 0.25) is 0 Å². The summed E-state index contributed by atoms with van der Waals surface area (Å²) in [5, 5.41) is 8.73. The van der Waals surface area contributed by atoms with Crippen LogP contribution in [0, 0.1) is 0 Å². The minimum absolute atomic E-state index is 0.0754. The highest BCUT2D eigenvalue weighted by atomic mass is 16.4. The van der Waals surface area contributed by atoms with E-state index in [2.05, 4.69) is 0 Å². The molecule has 0 fully saturated rings. The second-order valence-electron chi connectivity index (χ2n) is 3.89. The molecule has 0 spiro atoms. The van der Waals surface area contributed by atoms with Gasteiger partial charge < -0.3 is 10.0 Å². The molecule has 0 bridgehead atoms. The van der Waals surface area contributed by atoms with Crippen molar-refractivity contribution in [3.8, 4) is 0 Å². The zero-order chi connectivity index (χ0) is 12.0. The van der Waals surface area contributed by atoms with Crippen LogP contribution in [0.4, 0.5) is 0 Å². The smallest absolute Gasteiger partial charge is 0.320 e. The molecule has 0 aromatic carbocycles. The molecule has 15 heavy (non-hydrogen) atoms. The van der Waals surface area contributed by atoms with Crippen LogP contribution in [0.3, 0.4) is 0 Å². The van der Waals surface area contributed by atoms with Crippen molar-refractivity contribution in [2.75, 3.05) is 27.7 Å². The average molecular weight is 216 g/mol. The van der Waals surface area contributed by atoms with E-state index < -0.39 is 12.0 Å². The number of hydrogen-bond acceptors (Lipinski definition) is 3. The van der Waals surface area contributed by atoms with Gasteiger partial charge in [-0.1, -0.05) is 0 Å². The molecule has 0 aliphatic heterocycles. The first kappa shape index (κ1) is 13.9. The Balaban J connectivity index is 3.77. The van der Waals surface area contributed by atoms with Crippen molar-refractivity contribution >= 4 is 11.9 Å².